The van der Waals surface area contributed by atoms with Crippen LogP contribution in [0.5, 0.6) is 0 Å². The van der Waals surface area contributed by atoms with Gasteiger partial charge in [0.05, 0.1) is 0 Å². The average Bonchev–Trinajstić information content (AvgIpc) is 2.83. The Morgan fingerprint density at radius 2 is 1.56 bits per heavy atom. The molecule has 0 bridgehead atoms. The fourth-order valence-electron chi connectivity index (χ4n) is 3.45. The van der Waals surface area contributed by atoms with Crippen LogP contribution in [-0.2, 0) is 22.6 Å². The summed E-state index contributed by atoms with van der Waals surface area (Å²) < 4.78 is 14.4. The molecule has 1 atom stereocenters. The molecule has 0 spiro atoms. The molecular formula is C26H27FN2O2S. The maximum atomic E-state index is 14.4. The molecule has 0 unspecified atom stereocenters. The Morgan fingerprint density at radius 1 is 0.938 bits per heavy atom. The Balaban J connectivity index is 1.82. The second-order valence-corrected chi connectivity index (χ2v) is 8.51. The van der Waals surface area contributed by atoms with E-state index in [-0.39, 0.29) is 30.6 Å². The van der Waals surface area contributed by atoms with Gasteiger partial charge >= 0.3 is 0 Å². The number of hydrogen-bond donors (Lipinski definition) is 1. The van der Waals surface area contributed by atoms with Gasteiger partial charge in [-0.05, 0) is 23.8 Å². The summed E-state index contributed by atoms with van der Waals surface area (Å²) in [6.45, 7) is 0.0342. The number of halogens is 1. The van der Waals surface area contributed by atoms with Gasteiger partial charge in [-0.3, -0.25) is 9.59 Å². The van der Waals surface area contributed by atoms with Crippen LogP contribution in [0.3, 0.4) is 0 Å². The molecule has 32 heavy (non-hydrogen) atoms. The molecule has 3 rings (SSSR count). The van der Waals surface area contributed by atoms with Crippen LogP contribution in [0, 0.1) is 5.82 Å². The number of rotatable bonds is 10. The van der Waals surface area contributed by atoms with E-state index >= 15 is 0 Å². The van der Waals surface area contributed by atoms with Gasteiger partial charge in [-0.25, -0.2) is 4.39 Å². The van der Waals surface area contributed by atoms with Crippen LogP contribution in [0.2, 0.25) is 0 Å². The van der Waals surface area contributed by atoms with Crippen molar-refractivity contribution in [2.45, 2.75) is 30.3 Å². The zero-order chi connectivity index (χ0) is 22.8. The maximum absolute atomic E-state index is 14.4. The molecule has 0 radical (unpaired) electrons. The SMILES string of the molecule is CNC(=O)[C@@H](Cc1ccccc1)N(Cc1ccccc1F)C(=O)CCSc1ccccc1. The molecule has 0 aromatic heterocycles. The van der Waals surface area contributed by atoms with Crippen molar-refractivity contribution in [3.8, 4) is 0 Å². The minimum atomic E-state index is -0.740. The molecule has 0 aliphatic rings. The number of amides is 2. The normalized spacial score (nSPS) is 11.6. The molecule has 0 heterocycles. The lowest BCUT2D eigenvalue weighted by molar-refractivity contribution is -0.140. The number of carbonyl (C=O) groups excluding carboxylic acids is 2. The lowest BCUT2D eigenvalue weighted by atomic mass is 10.0. The van der Waals surface area contributed by atoms with Gasteiger partial charge in [0, 0.05) is 42.6 Å². The summed E-state index contributed by atoms with van der Waals surface area (Å²) in [5.41, 5.74) is 1.32. The first-order valence-corrected chi connectivity index (χ1v) is 11.5. The average molecular weight is 451 g/mol. The van der Waals surface area contributed by atoms with Crippen LogP contribution in [-0.4, -0.2) is 35.6 Å². The lowest BCUT2D eigenvalue weighted by Crippen LogP contribution is -2.49. The first-order valence-electron chi connectivity index (χ1n) is 10.5. The summed E-state index contributed by atoms with van der Waals surface area (Å²) in [5, 5.41) is 2.67. The van der Waals surface area contributed by atoms with Gasteiger partial charge in [-0.2, -0.15) is 0 Å². The Labute approximate surface area is 192 Å². The number of carbonyl (C=O) groups is 2. The molecular weight excluding hydrogens is 423 g/mol. The number of thioether (sulfide) groups is 1. The molecule has 6 heteroatoms. The van der Waals surface area contributed by atoms with E-state index in [0.29, 0.717) is 17.7 Å². The Bertz CT molecular complexity index is 1010. The summed E-state index contributed by atoms with van der Waals surface area (Å²) in [6.07, 6.45) is 0.600. The summed E-state index contributed by atoms with van der Waals surface area (Å²) in [6, 6.07) is 25.0. The third-order valence-electron chi connectivity index (χ3n) is 5.14. The lowest BCUT2D eigenvalue weighted by Gasteiger charge is -2.31. The Hall–Kier alpha value is -3.12. The van der Waals surface area contributed by atoms with E-state index in [9.17, 15) is 14.0 Å². The van der Waals surface area contributed by atoms with Crippen LogP contribution in [0.1, 0.15) is 17.5 Å². The number of hydrogen-bond acceptors (Lipinski definition) is 3. The van der Waals surface area contributed by atoms with Crippen molar-refractivity contribution in [3.63, 3.8) is 0 Å². The van der Waals surface area contributed by atoms with Crippen molar-refractivity contribution < 1.29 is 14.0 Å². The standard InChI is InChI=1S/C26H27FN2O2S/c1-28-26(31)24(18-20-10-4-2-5-11-20)29(19-21-12-8-9-15-23(21)27)25(30)16-17-32-22-13-6-3-7-14-22/h2-15,24H,16-19H2,1H3,(H,28,31)/t24-/m1/s1. The van der Waals surface area contributed by atoms with E-state index in [1.807, 2.05) is 60.7 Å². The zero-order valence-corrected chi connectivity index (χ0v) is 18.9. The monoisotopic (exact) mass is 450 g/mol. The molecule has 0 saturated heterocycles. The number of likely N-dealkylation sites (N-methyl/N-ethyl adjacent to an activating group) is 1. The van der Waals surface area contributed by atoms with Gasteiger partial charge in [-0.1, -0.05) is 66.7 Å². The van der Waals surface area contributed by atoms with Crippen molar-refractivity contribution in [2.75, 3.05) is 12.8 Å². The highest BCUT2D eigenvalue weighted by molar-refractivity contribution is 7.99. The predicted octanol–water partition coefficient (Wildman–Crippen LogP) is 4.69. The zero-order valence-electron chi connectivity index (χ0n) is 18.0. The van der Waals surface area contributed by atoms with Crippen LogP contribution >= 0.6 is 11.8 Å². The predicted molar refractivity (Wildman–Crippen MR) is 127 cm³/mol. The van der Waals surface area contributed by atoms with E-state index < -0.39 is 6.04 Å². The van der Waals surface area contributed by atoms with E-state index in [0.717, 1.165) is 10.5 Å². The molecule has 1 N–H and O–H groups in total. The summed E-state index contributed by atoms with van der Waals surface area (Å²) >= 11 is 1.58. The second-order valence-electron chi connectivity index (χ2n) is 7.34. The fourth-order valence-corrected chi connectivity index (χ4v) is 4.31. The first-order chi connectivity index (χ1) is 15.6. The van der Waals surface area contributed by atoms with E-state index in [1.54, 1.807) is 37.0 Å². The Kier molecular flexibility index (Phi) is 8.87. The summed E-state index contributed by atoms with van der Waals surface area (Å²) in [7, 11) is 1.55. The quantitative estimate of drug-likeness (QED) is 0.456. The molecule has 0 saturated carbocycles. The largest absolute Gasteiger partial charge is 0.357 e. The van der Waals surface area contributed by atoms with Gasteiger partial charge < -0.3 is 10.2 Å². The van der Waals surface area contributed by atoms with Gasteiger partial charge in [0.1, 0.15) is 11.9 Å². The summed E-state index contributed by atoms with van der Waals surface area (Å²) in [4.78, 5) is 28.7. The van der Waals surface area contributed by atoms with Gasteiger partial charge in [-0.15, -0.1) is 11.8 Å². The minimum absolute atomic E-state index is 0.0342. The van der Waals surface area contributed by atoms with Crippen molar-refractivity contribution in [2.24, 2.45) is 0 Å². The molecule has 0 aliphatic heterocycles. The van der Waals surface area contributed by atoms with Gasteiger partial charge in [0.15, 0.2) is 0 Å². The fraction of sp³-hybridized carbons (Fsp3) is 0.231. The molecule has 3 aromatic carbocycles. The first kappa shape index (κ1) is 23.5. The minimum Gasteiger partial charge on any atom is -0.357 e. The van der Waals surface area contributed by atoms with Crippen molar-refractivity contribution in [3.05, 3.63) is 102 Å². The van der Waals surface area contributed by atoms with Crippen molar-refractivity contribution in [1.29, 1.82) is 0 Å². The third kappa shape index (κ3) is 6.69. The molecule has 166 valence electrons. The maximum Gasteiger partial charge on any atom is 0.242 e. The van der Waals surface area contributed by atoms with Crippen LogP contribution in [0.25, 0.3) is 0 Å². The number of benzene rings is 3. The third-order valence-corrected chi connectivity index (χ3v) is 6.16. The van der Waals surface area contributed by atoms with Crippen LogP contribution < -0.4 is 5.32 Å². The highest BCUT2D eigenvalue weighted by Crippen LogP contribution is 2.21. The smallest absolute Gasteiger partial charge is 0.242 e. The van der Waals surface area contributed by atoms with Crippen molar-refractivity contribution >= 4 is 23.6 Å². The second kappa shape index (κ2) is 12.1. The van der Waals surface area contributed by atoms with E-state index in [1.165, 1.54) is 11.0 Å². The molecule has 4 nitrogen and oxygen atoms in total. The van der Waals surface area contributed by atoms with Crippen molar-refractivity contribution in [1.82, 2.24) is 10.2 Å². The summed E-state index contributed by atoms with van der Waals surface area (Å²) in [5.74, 6) is -0.266. The van der Waals surface area contributed by atoms with E-state index in [4.69, 9.17) is 0 Å². The molecule has 0 fully saturated rings. The highest BCUT2D eigenvalue weighted by Gasteiger charge is 2.30. The highest BCUT2D eigenvalue weighted by atomic mass is 32.2. The van der Waals surface area contributed by atoms with E-state index in [2.05, 4.69) is 5.32 Å². The Morgan fingerprint density at radius 3 is 2.22 bits per heavy atom. The molecule has 3 aromatic rings. The van der Waals surface area contributed by atoms with Crippen LogP contribution in [0.15, 0.2) is 89.8 Å². The van der Waals surface area contributed by atoms with Gasteiger partial charge in [0.2, 0.25) is 11.8 Å². The molecule has 2 amide bonds. The van der Waals surface area contributed by atoms with Gasteiger partial charge in [0.25, 0.3) is 0 Å². The topological polar surface area (TPSA) is 49.4 Å². The van der Waals surface area contributed by atoms with Crippen LogP contribution in [0.4, 0.5) is 4.39 Å². The number of nitrogens with one attached hydrogen (secondary N) is 1. The number of nitrogens with zero attached hydrogens (tertiary/aromatic N) is 1. The molecule has 0 aliphatic carbocycles.